The van der Waals surface area contributed by atoms with Gasteiger partial charge in [0.05, 0.1) is 12.0 Å². The maximum atomic E-state index is 9.88. The van der Waals surface area contributed by atoms with E-state index >= 15 is 0 Å². The van der Waals surface area contributed by atoms with Crippen molar-refractivity contribution in [2.45, 2.75) is 0 Å². The second kappa shape index (κ2) is 4.49. The predicted octanol–water partition coefficient (Wildman–Crippen LogP) is 3.90. The van der Waals surface area contributed by atoms with Gasteiger partial charge in [-0.2, -0.15) is 0 Å². The maximum absolute atomic E-state index is 9.88. The molecule has 1 aromatic carbocycles. The first-order valence-electron chi connectivity index (χ1n) is 6.40. The fourth-order valence-electron chi connectivity index (χ4n) is 2.22. The van der Waals surface area contributed by atoms with Gasteiger partial charge < -0.3 is 13.9 Å². The first-order valence-corrected chi connectivity index (χ1v) is 6.40. The van der Waals surface area contributed by atoms with Crippen molar-refractivity contribution < 1.29 is 13.9 Å². The van der Waals surface area contributed by atoms with E-state index in [1.54, 1.807) is 24.4 Å². The summed E-state index contributed by atoms with van der Waals surface area (Å²) in [5.41, 5.74) is 3.12. The molecule has 0 aliphatic carbocycles. The minimum Gasteiger partial charge on any atom is -0.479 e. The zero-order valence-corrected chi connectivity index (χ0v) is 10.9. The van der Waals surface area contributed by atoms with Crippen LogP contribution in [0, 0.1) is 0 Å². The van der Waals surface area contributed by atoms with E-state index in [2.05, 4.69) is 9.98 Å². The summed E-state index contributed by atoms with van der Waals surface area (Å²) in [6, 6.07) is 11.2. The van der Waals surface area contributed by atoms with Crippen molar-refractivity contribution in [3.05, 3.63) is 53.9 Å². The molecule has 21 heavy (non-hydrogen) atoms. The third kappa shape index (κ3) is 1.95. The van der Waals surface area contributed by atoms with Gasteiger partial charge in [0.25, 0.3) is 5.89 Å². The smallest absolute Gasteiger partial charge is 0.310 e. The Hall–Kier alpha value is -3.08. The summed E-state index contributed by atoms with van der Waals surface area (Å²) >= 11 is 0. The Balaban J connectivity index is 1.76. The molecular weight excluding hydrogens is 268 g/mol. The van der Waals surface area contributed by atoms with Crippen molar-refractivity contribution in [1.29, 1.82) is 0 Å². The summed E-state index contributed by atoms with van der Waals surface area (Å²) < 4.78 is 10.4. The number of aromatic nitrogens is 1. The molecule has 2 aromatic heterocycles. The van der Waals surface area contributed by atoms with Crippen molar-refractivity contribution in [1.82, 2.24) is 4.98 Å². The van der Waals surface area contributed by atoms with Gasteiger partial charge in [0, 0.05) is 17.4 Å². The number of allylic oxidation sites excluding steroid dienone is 1. The van der Waals surface area contributed by atoms with Crippen LogP contribution >= 0.6 is 0 Å². The van der Waals surface area contributed by atoms with Gasteiger partial charge in [0.2, 0.25) is 0 Å². The maximum Gasteiger partial charge on any atom is 0.310 e. The van der Waals surface area contributed by atoms with Crippen LogP contribution in [-0.2, 0) is 0 Å². The first kappa shape index (κ1) is 11.7. The molecule has 1 aliphatic heterocycles. The number of oxazole rings is 1. The number of hydrogen-bond acceptors (Lipinski definition) is 5. The summed E-state index contributed by atoms with van der Waals surface area (Å²) in [6.45, 7) is 0. The highest BCUT2D eigenvalue weighted by Crippen LogP contribution is 2.34. The number of nitrogens with zero attached hydrogens (tertiary/aromatic N) is 2. The molecule has 4 rings (SSSR count). The number of aromatic hydroxyl groups is 1. The Morgan fingerprint density at radius 2 is 2.00 bits per heavy atom. The standard InChI is InChI=1S/C16H10N2O3/c19-16-13(18-15(21-16)14-6-3-7-20-14)8-10-9-17-12-5-2-1-4-11(10)12/h1-9,19H/b10-8+. The van der Waals surface area contributed by atoms with Crippen molar-refractivity contribution >= 4 is 23.6 Å². The Morgan fingerprint density at radius 1 is 1.10 bits per heavy atom. The highest BCUT2D eigenvalue weighted by molar-refractivity contribution is 6.21. The largest absolute Gasteiger partial charge is 0.479 e. The molecule has 0 unspecified atom stereocenters. The summed E-state index contributed by atoms with van der Waals surface area (Å²) in [5, 5.41) is 9.88. The summed E-state index contributed by atoms with van der Waals surface area (Å²) in [4.78, 5) is 8.55. The third-order valence-corrected chi connectivity index (χ3v) is 3.22. The van der Waals surface area contributed by atoms with Gasteiger partial charge in [-0.15, -0.1) is 0 Å². The average Bonchev–Trinajstić information content (AvgIpc) is 3.21. The lowest BCUT2D eigenvalue weighted by atomic mass is 10.1. The Labute approximate surface area is 119 Å². The van der Waals surface area contributed by atoms with E-state index in [4.69, 9.17) is 8.83 Å². The third-order valence-electron chi connectivity index (χ3n) is 3.22. The molecule has 0 saturated heterocycles. The fourth-order valence-corrected chi connectivity index (χ4v) is 2.22. The zero-order valence-electron chi connectivity index (χ0n) is 10.9. The zero-order chi connectivity index (χ0) is 14.2. The molecule has 3 aromatic rings. The summed E-state index contributed by atoms with van der Waals surface area (Å²) in [7, 11) is 0. The lowest BCUT2D eigenvalue weighted by Crippen LogP contribution is -1.81. The topological polar surface area (TPSA) is 71.8 Å². The number of aliphatic imine (C=N–C) groups is 1. The molecule has 0 saturated carbocycles. The van der Waals surface area contributed by atoms with Crippen molar-refractivity contribution in [2.75, 3.05) is 0 Å². The van der Waals surface area contributed by atoms with Gasteiger partial charge >= 0.3 is 5.95 Å². The van der Waals surface area contributed by atoms with Crippen LogP contribution in [0.4, 0.5) is 5.69 Å². The SMILES string of the molecule is Oc1oc(-c2ccco2)nc1/C=C1\C=Nc2ccccc21. The molecule has 0 amide bonds. The molecule has 0 fully saturated rings. The van der Waals surface area contributed by atoms with E-state index < -0.39 is 0 Å². The molecular formula is C16H10N2O3. The Bertz CT molecular complexity index is 858. The number of rotatable bonds is 2. The molecule has 102 valence electrons. The Morgan fingerprint density at radius 3 is 2.86 bits per heavy atom. The van der Waals surface area contributed by atoms with E-state index in [0.29, 0.717) is 11.5 Å². The van der Waals surface area contributed by atoms with E-state index in [1.807, 2.05) is 24.3 Å². The van der Waals surface area contributed by atoms with Gasteiger partial charge in [-0.1, -0.05) is 18.2 Å². The van der Waals surface area contributed by atoms with Gasteiger partial charge in [0.15, 0.2) is 5.76 Å². The Kier molecular flexibility index (Phi) is 2.50. The fraction of sp³-hybridized carbons (Fsp3) is 0. The molecule has 5 heteroatoms. The van der Waals surface area contributed by atoms with E-state index in [-0.39, 0.29) is 11.8 Å². The van der Waals surface area contributed by atoms with Crippen LogP contribution in [0.25, 0.3) is 23.3 Å². The lowest BCUT2D eigenvalue weighted by molar-refractivity contribution is 0.333. The van der Waals surface area contributed by atoms with Gasteiger partial charge in [-0.05, 0) is 24.3 Å². The van der Waals surface area contributed by atoms with Gasteiger partial charge in [-0.3, -0.25) is 4.99 Å². The first-order chi connectivity index (χ1) is 10.3. The second-order valence-corrected chi connectivity index (χ2v) is 4.56. The van der Waals surface area contributed by atoms with Crippen molar-refractivity contribution in [3.63, 3.8) is 0 Å². The lowest BCUT2D eigenvalue weighted by Gasteiger charge is -1.97. The normalized spacial score (nSPS) is 14.8. The van der Waals surface area contributed by atoms with Crippen LogP contribution in [0.15, 0.2) is 56.5 Å². The van der Waals surface area contributed by atoms with Crippen LogP contribution < -0.4 is 0 Å². The van der Waals surface area contributed by atoms with E-state index in [1.165, 1.54) is 6.26 Å². The minimum absolute atomic E-state index is 0.243. The minimum atomic E-state index is -0.244. The molecule has 3 heterocycles. The monoisotopic (exact) mass is 278 g/mol. The van der Waals surface area contributed by atoms with Gasteiger partial charge in [-0.25, -0.2) is 4.98 Å². The summed E-state index contributed by atoms with van der Waals surface area (Å²) in [5.74, 6) is 0.467. The summed E-state index contributed by atoms with van der Waals surface area (Å²) in [6.07, 6.45) is 5.00. The van der Waals surface area contributed by atoms with Crippen LogP contribution in [-0.4, -0.2) is 16.3 Å². The highest BCUT2D eigenvalue weighted by atomic mass is 16.5. The van der Waals surface area contributed by atoms with E-state index in [9.17, 15) is 5.11 Å². The van der Waals surface area contributed by atoms with Crippen LogP contribution in [0.1, 0.15) is 11.3 Å². The van der Waals surface area contributed by atoms with Gasteiger partial charge in [0.1, 0.15) is 5.69 Å². The van der Waals surface area contributed by atoms with E-state index in [0.717, 1.165) is 16.8 Å². The average molecular weight is 278 g/mol. The number of para-hydroxylation sites is 1. The van der Waals surface area contributed by atoms with Crippen LogP contribution in [0.2, 0.25) is 0 Å². The number of hydrogen-bond donors (Lipinski definition) is 1. The molecule has 0 atom stereocenters. The number of benzene rings is 1. The molecule has 1 aliphatic rings. The molecule has 0 bridgehead atoms. The molecule has 0 spiro atoms. The predicted molar refractivity (Wildman–Crippen MR) is 78.3 cm³/mol. The number of furan rings is 1. The second-order valence-electron chi connectivity index (χ2n) is 4.56. The molecule has 0 radical (unpaired) electrons. The highest BCUT2D eigenvalue weighted by Gasteiger charge is 2.17. The van der Waals surface area contributed by atoms with Crippen LogP contribution in [0.3, 0.4) is 0 Å². The molecule has 5 nitrogen and oxygen atoms in total. The van der Waals surface area contributed by atoms with Crippen molar-refractivity contribution in [2.24, 2.45) is 4.99 Å². The number of fused-ring (bicyclic) bond motifs is 1. The van der Waals surface area contributed by atoms with Crippen molar-refractivity contribution in [3.8, 4) is 17.6 Å². The van der Waals surface area contributed by atoms with Crippen LogP contribution in [0.5, 0.6) is 5.95 Å². The molecule has 1 N–H and O–H groups in total. The quantitative estimate of drug-likeness (QED) is 0.771.